The van der Waals surface area contributed by atoms with Gasteiger partial charge in [-0.1, -0.05) is 37.5 Å². The van der Waals surface area contributed by atoms with E-state index in [1.165, 1.54) is 12.0 Å². The van der Waals surface area contributed by atoms with Crippen molar-refractivity contribution in [2.75, 3.05) is 13.2 Å². The molecule has 0 aromatic heterocycles. The van der Waals surface area contributed by atoms with E-state index >= 15 is 0 Å². The standard InChI is InChI=1S/C16H24O2/c1-5-6-7-8-18-11-15(17)16-13(3)9-12(2)10-14(16)4/h9-10H,5-8,11H2,1-4H3. The molecule has 0 radical (unpaired) electrons. The monoisotopic (exact) mass is 248 g/mol. The summed E-state index contributed by atoms with van der Waals surface area (Å²) in [5, 5.41) is 0. The topological polar surface area (TPSA) is 26.3 Å². The van der Waals surface area contributed by atoms with Gasteiger partial charge in [0.05, 0.1) is 0 Å². The zero-order valence-electron chi connectivity index (χ0n) is 12.0. The molecule has 0 saturated heterocycles. The Morgan fingerprint density at radius 2 is 1.72 bits per heavy atom. The van der Waals surface area contributed by atoms with Crippen LogP contribution in [0.4, 0.5) is 0 Å². The summed E-state index contributed by atoms with van der Waals surface area (Å²) in [6.45, 7) is 9.08. The van der Waals surface area contributed by atoms with Gasteiger partial charge in [-0.05, 0) is 38.3 Å². The first-order valence-corrected chi connectivity index (χ1v) is 6.75. The fourth-order valence-electron chi connectivity index (χ4n) is 2.31. The lowest BCUT2D eigenvalue weighted by Crippen LogP contribution is -2.13. The van der Waals surface area contributed by atoms with Crippen LogP contribution in [0.3, 0.4) is 0 Å². The van der Waals surface area contributed by atoms with Crippen LogP contribution >= 0.6 is 0 Å². The molecule has 0 N–H and O–H groups in total. The van der Waals surface area contributed by atoms with Gasteiger partial charge in [0, 0.05) is 12.2 Å². The van der Waals surface area contributed by atoms with Crippen molar-refractivity contribution in [1.82, 2.24) is 0 Å². The van der Waals surface area contributed by atoms with Gasteiger partial charge in [0.1, 0.15) is 6.61 Å². The Morgan fingerprint density at radius 1 is 1.11 bits per heavy atom. The quantitative estimate of drug-likeness (QED) is 0.538. The number of benzene rings is 1. The summed E-state index contributed by atoms with van der Waals surface area (Å²) >= 11 is 0. The summed E-state index contributed by atoms with van der Waals surface area (Å²) in [6.07, 6.45) is 3.37. The number of carbonyl (C=O) groups is 1. The molecule has 1 aromatic rings. The van der Waals surface area contributed by atoms with Crippen molar-refractivity contribution in [3.05, 3.63) is 34.4 Å². The summed E-state index contributed by atoms with van der Waals surface area (Å²) in [6, 6.07) is 4.11. The second kappa shape index (κ2) is 7.32. The highest BCUT2D eigenvalue weighted by Gasteiger charge is 2.12. The highest BCUT2D eigenvalue weighted by molar-refractivity contribution is 5.99. The largest absolute Gasteiger partial charge is 0.373 e. The average Bonchev–Trinajstić information content (AvgIpc) is 2.27. The van der Waals surface area contributed by atoms with Crippen molar-refractivity contribution >= 4 is 5.78 Å². The van der Waals surface area contributed by atoms with Crippen LogP contribution in [0.15, 0.2) is 12.1 Å². The van der Waals surface area contributed by atoms with Crippen molar-refractivity contribution in [2.45, 2.75) is 47.0 Å². The van der Waals surface area contributed by atoms with Crippen molar-refractivity contribution in [1.29, 1.82) is 0 Å². The highest BCUT2D eigenvalue weighted by atomic mass is 16.5. The molecule has 2 heteroatoms. The number of aryl methyl sites for hydroxylation is 3. The van der Waals surface area contributed by atoms with Crippen LogP contribution in [0, 0.1) is 20.8 Å². The van der Waals surface area contributed by atoms with Crippen molar-refractivity contribution in [2.24, 2.45) is 0 Å². The van der Waals surface area contributed by atoms with Crippen molar-refractivity contribution < 1.29 is 9.53 Å². The van der Waals surface area contributed by atoms with E-state index in [0.29, 0.717) is 6.61 Å². The van der Waals surface area contributed by atoms with E-state index in [4.69, 9.17) is 4.74 Å². The number of carbonyl (C=O) groups excluding carboxylic acids is 1. The molecule has 0 aliphatic rings. The third kappa shape index (κ3) is 4.26. The van der Waals surface area contributed by atoms with Crippen LogP contribution < -0.4 is 0 Å². The Kier molecular flexibility index (Phi) is 6.06. The van der Waals surface area contributed by atoms with E-state index in [1.807, 2.05) is 13.8 Å². The molecule has 0 aliphatic heterocycles. The van der Waals surface area contributed by atoms with Crippen LogP contribution in [0.1, 0.15) is 53.2 Å². The van der Waals surface area contributed by atoms with Crippen molar-refractivity contribution in [3.63, 3.8) is 0 Å². The van der Waals surface area contributed by atoms with E-state index in [1.54, 1.807) is 0 Å². The zero-order valence-corrected chi connectivity index (χ0v) is 12.0. The Labute approximate surface area is 110 Å². The van der Waals surface area contributed by atoms with E-state index < -0.39 is 0 Å². The summed E-state index contributed by atoms with van der Waals surface area (Å²) < 4.78 is 5.44. The smallest absolute Gasteiger partial charge is 0.188 e. The van der Waals surface area contributed by atoms with E-state index in [2.05, 4.69) is 26.0 Å². The third-order valence-electron chi connectivity index (χ3n) is 3.08. The van der Waals surface area contributed by atoms with Crippen LogP contribution in [-0.4, -0.2) is 19.0 Å². The number of unbranched alkanes of at least 4 members (excludes halogenated alkanes) is 2. The first-order chi connectivity index (χ1) is 8.56. The molecule has 0 aliphatic carbocycles. The lowest BCUT2D eigenvalue weighted by atomic mass is 9.97. The lowest BCUT2D eigenvalue weighted by molar-refractivity contribution is 0.0751. The lowest BCUT2D eigenvalue weighted by Gasteiger charge is -2.10. The summed E-state index contributed by atoms with van der Waals surface area (Å²) in [7, 11) is 0. The van der Waals surface area contributed by atoms with E-state index in [9.17, 15) is 4.79 Å². The van der Waals surface area contributed by atoms with Gasteiger partial charge < -0.3 is 4.74 Å². The fraction of sp³-hybridized carbons (Fsp3) is 0.562. The second-order valence-corrected chi connectivity index (χ2v) is 4.96. The predicted octanol–water partition coefficient (Wildman–Crippen LogP) is 4.00. The Morgan fingerprint density at radius 3 is 2.28 bits per heavy atom. The van der Waals surface area contributed by atoms with E-state index in [-0.39, 0.29) is 12.4 Å². The number of ether oxygens (including phenoxy) is 1. The molecule has 1 rings (SSSR count). The Bertz CT molecular complexity index is 385. The number of ketones is 1. The number of hydrogen-bond donors (Lipinski definition) is 0. The van der Waals surface area contributed by atoms with Gasteiger partial charge in [-0.15, -0.1) is 0 Å². The average molecular weight is 248 g/mol. The Balaban J connectivity index is 2.57. The molecular weight excluding hydrogens is 224 g/mol. The maximum absolute atomic E-state index is 12.1. The van der Waals surface area contributed by atoms with Gasteiger partial charge >= 0.3 is 0 Å². The highest BCUT2D eigenvalue weighted by Crippen LogP contribution is 2.17. The Hall–Kier alpha value is -1.15. The third-order valence-corrected chi connectivity index (χ3v) is 3.08. The van der Waals surface area contributed by atoms with Crippen LogP contribution in [0.25, 0.3) is 0 Å². The molecule has 100 valence electrons. The molecule has 0 saturated carbocycles. The molecule has 18 heavy (non-hydrogen) atoms. The maximum Gasteiger partial charge on any atom is 0.188 e. The first kappa shape index (κ1) is 14.9. The van der Waals surface area contributed by atoms with Gasteiger partial charge in [0.15, 0.2) is 5.78 Å². The summed E-state index contributed by atoms with van der Waals surface area (Å²) in [4.78, 5) is 12.1. The zero-order chi connectivity index (χ0) is 13.5. The minimum atomic E-state index is 0.0986. The van der Waals surface area contributed by atoms with Crippen LogP contribution in [0.5, 0.6) is 0 Å². The number of Topliss-reactive ketones (excluding diaryl/α,β-unsaturated/α-hetero) is 1. The molecule has 0 bridgehead atoms. The van der Waals surface area contributed by atoms with Gasteiger partial charge in [-0.3, -0.25) is 4.79 Å². The minimum Gasteiger partial charge on any atom is -0.373 e. The maximum atomic E-state index is 12.1. The van der Waals surface area contributed by atoms with Gasteiger partial charge in [-0.2, -0.15) is 0 Å². The van der Waals surface area contributed by atoms with Crippen molar-refractivity contribution in [3.8, 4) is 0 Å². The number of rotatable bonds is 7. The molecule has 0 atom stereocenters. The molecule has 0 fully saturated rings. The minimum absolute atomic E-state index is 0.0986. The normalized spacial score (nSPS) is 10.7. The van der Waals surface area contributed by atoms with Gasteiger partial charge in [-0.25, -0.2) is 0 Å². The van der Waals surface area contributed by atoms with Crippen LogP contribution in [0.2, 0.25) is 0 Å². The molecule has 0 unspecified atom stereocenters. The van der Waals surface area contributed by atoms with Gasteiger partial charge in [0.2, 0.25) is 0 Å². The van der Waals surface area contributed by atoms with E-state index in [0.717, 1.165) is 29.5 Å². The summed E-state index contributed by atoms with van der Waals surface area (Å²) in [5.74, 6) is 0.0986. The first-order valence-electron chi connectivity index (χ1n) is 6.75. The predicted molar refractivity (Wildman–Crippen MR) is 75.3 cm³/mol. The number of hydrogen-bond acceptors (Lipinski definition) is 2. The molecule has 0 heterocycles. The SMILES string of the molecule is CCCCCOCC(=O)c1c(C)cc(C)cc1C. The molecule has 2 nitrogen and oxygen atoms in total. The summed E-state index contributed by atoms with van der Waals surface area (Å²) in [5.41, 5.74) is 4.13. The van der Waals surface area contributed by atoms with Gasteiger partial charge in [0.25, 0.3) is 0 Å². The van der Waals surface area contributed by atoms with Crippen LogP contribution in [-0.2, 0) is 4.74 Å². The fourth-order valence-corrected chi connectivity index (χ4v) is 2.31. The molecular formula is C16H24O2. The molecule has 0 spiro atoms. The second-order valence-electron chi connectivity index (χ2n) is 4.96. The molecule has 1 aromatic carbocycles. The molecule has 0 amide bonds.